The molecule has 0 aliphatic carbocycles. The molecule has 1 aliphatic rings. The zero-order valence-electron chi connectivity index (χ0n) is 18.1. The van der Waals surface area contributed by atoms with Gasteiger partial charge in [0.2, 0.25) is 15.8 Å². The summed E-state index contributed by atoms with van der Waals surface area (Å²) in [7, 11) is -1.78. The molecule has 33 heavy (non-hydrogen) atoms. The summed E-state index contributed by atoms with van der Waals surface area (Å²) in [5.74, 6) is -2.91. The molecule has 1 aromatic heterocycles. The Kier molecular flexibility index (Phi) is 8.70. The lowest BCUT2D eigenvalue weighted by atomic mass is 10.1. The number of sulfonamides is 1. The van der Waals surface area contributed by atoms with Gasteiger partial charge in [-0.05, 0) is 25.0 Å². The van der Waals surface area contributed by atoms with Gasteiger partial charge < -0.3 is 21.1 Å². The summed E-state index contributed by atoms with van der Waals surface area (Å²) in [4.78, 5) is 16.7. The number of nitrogen functional groups attached to an aromatic ring is 1. The number of piperidine rings is 1. The summed E-state index contributed by atoms with van der Waals surface area (Å²) in [5.41, 5.74) is 5.16. The number of thiazole rings is 1. The first kappa shape index (κ1) is 25.4. The molecule has 0 amide bonds. The number of ketones is 1. The van der Waals surface area contributed by atoms with Crippen LogP contribution in [-0.4, -0.2) is 75.2 Å². The topological polar surface area (TPSA) is 127 Å². The Morgan fingerprint density at radius 1 is 1.27 bits per heavy atom. The average Bonchev–Trinajstić information content (AvgIpc) is 3.13. The number of methoxy groups -OCH3 is 1. The van der Waals surface area contributed by atoms with Gasteiger partial charge in [-0.15, -0.1) is 0 Å². The van der Waals surface area contributed by atoms with Crippen molar-refractivity contribution < 1.29 is 26.7 Å². The maximum absolute atomic E-state index is 14.0. The summed E-state index contributed by atoms with van der Waals surface area (Å²) < 4.78 is 59.3. The Balaban J connectivity index is 1.56. The molecule has 0 saturated carbocycles. The molecule has 4 N–H and O–H groups in total. The molecule has 0 bridgehead atoms. The van der Waals surface area contributed by atoms with Crippen molar-refractivity contribution in [2.24, 2.45) is 0 Å². The van der Waals surface area contributed by atoms with Gasteiger partial charge in [0.05, 0.1) is 17.9 Å². The number of halogens is 2. The molecule has 13 heteroatoms. The molecule has 0 spiro atoms. The second-order valence-corrected chi connectivity index (χ2v) is 10.6. The quantitative estimate of drug-likeness (QED) is 0.312. The van der Waals surface area contributed by atoms with Crippen molar-refractivity contribution in [2.75, 3.05) is 56.7 Å². The lowest BCUT2D eigenvalue weighted by molar-refractivity contribution is 0.103. The minimum absolute atomic E-state index is 0.00982. The molecule has 1 fully saturated rings. The number of hydrogen-bond donors (Lipinski definition) is 3. The molecule has 1 saturated heterocycles. The van der Waals surface area contributed by atoms with Gasteiger partial charge in [0.1, 0.15) is 22.3 Å². The molecule has 1 aromatic carbocycles. The van der Waals surface area contributed by atoms with Gasteiger partial charge in [-0.3, -0.25) is 4.79 Å². The van der Waals surface area contributed by atoms with Gasteiger partial charge in [-0.2, -0.15) is 0 Å². The number of aromatic nitrogens is 1. The third-order valence-corrected chi connectivity index (χ3v) is 8.12. The van der Waals surface area contributed by atoms with Gasteiger partial charge in [-0.25, -0.2) is 26.5 Å². The van der Waals surface area contributed by atoms with Crippen molar-refractivity contribution in [3.63, 3.8) is 0 Å². The average molecular weight is 504 g/mol. The Labute approximate surface area is 195 Å². The molecule has 182 valence electrons. The van der Waals surface area contributed by atoms with Crippen LogP contribution in [0.25, 0.3) is 0 Å². The second kappa shape index (κ2) is 11.3. The summed E-state index contributed by atoms with van der Waals surface area (Å²) in [6.45, 7) is 2.15. The fourth-order valence-electron chi connectivity index (χ4n) is 3.47. The van der Waals surface area contributed by atoms with Crippen LogP contribution in [0.4, 0.5) is 19.7 Å². The first-order valence-electron chi connectivity index (χ1n) is 10.4. The normalized spacial score (nSPS) is 15.6. The number of ether oxygens (including phenoxy) is 1. The predicted molar refractivity (Wildman–Crippen MR) is 123 cm³/mol. The summed E-state index contributed by atoms with van der Waals surface area (Å²) in [5, 5.41) is 6.52. The zero-order chi connectivity index (χ0) is 24.0. The number of carbonyl (C=O) groups excluding carboxylic acids is 1. The number of benzene rings is 1. The van der Waals surface area contributed by atoms with Crippen LogP contribution < -0.4 is 16.4 Å². The van der Waals surface area contributed by atoms with Gasteiger partial charge in [0.15, 0.2) is 5.13 Å². The molecular formula is C20H27F2N5O4S2. The van der Waals surface area contributed by atoms with E-state index in [4.69, 9.17) is 10.5 Å². The van der Waals surface area contributed by atoms with Gasteiger partial charge in [-0.1, -0.05) is 17.4 Å². The van der Waals surface area contributed by atoms with Crippen molar-refractivity contribution in [3.8, 4) is 0 Å². The molecular weight excluding hydrogens is 476 g/mol. The lowest BCUT2D eigenvalue weighted by Gasteiger charge is -2.31. The highest BCUT2D eigenvalue weighted by Crippen LogP contribution is 2.30. The fraction of sp³-hybridized carbons (Fsp3) is 0.500. The van der Waals surface area contributed by atoms with E-state index >= 15 is 0 Å². The summed E-state index contributed by atoms with van der Waals surface area (Å²) in [6, 6.07) is 3.11. The van der Waals surface area contributed by atoms with Crippen molar-refractivity contribution in [3.05, 3.63) is 40.3 Å². The molecule has 0 atom stereocenters. The van der Waals surface area contributed by atoms with Gasteiger partial charge in [0, 0.05) is 39.3 Å². The van der Waals surface area contributed by atoms with Crippen LogP contribution in [0, 0.1) is 11.6 Å². The van der Waals surface area contributed by atoms with E-state index in [9.17, 15) is 22.0 Å². The van der Waals surface area contributed by atoms with Crippen LogP contribution >= 0.6 is 11.3 Å². The largest absolute Gasteiger partial charge is 0.383 e. The third kappa shape index (κ3) is 6.44. The van der Waals surface area contributed by atoms with E-state index in [-0.39, 0.29) is 22.5 Å². The molecule has 0 unspecified atom stereocenters. The smallest absolute Gasteiger partial charge is 0.215 e. The number of carbonyl (C=O) groups is 1. The number of nitrogens with two attached hydrogens (primary N) is 1. The molecule has 3 rings (SSSR count). The van der Waals surface area contributed by atoms with Crippen LogP contribution in [0.2, 0.25) is 0 Å². The second-order valence-electron chi connectivity index (χ2n) is 7.54. The Hall–Kier alpha value is -2.19. The van der Waals surface area contributed by atoms with Crippen LogP contribution in [0.3, 0.4) is 0 Å². The van der Waals surface area contributed by atoms with Crippen molar-refractivity contribution in [1.29, 1.82) is 0 Å². The van der Waals surface area contributed by atoms with E-state index in [0.29, 0.717) is 50.8 Å². The standard InChI is InChI=1S/C20H27F2N5O4S2/c1-31-11-7-24-8-12-33(29,30)27-9-5-13(6-10-27)25-20-26-19(23)18(32-20)17(28)16-14(21)3-2-4-15(16)22/h2-4,13,24H,5-12,23H2,1H3,(H,25,26). The highest BCUT2D eigenvalue weighted by atomic mass is 32.2. The number of anilines is 2. The van der Waals surface area contributed by atoms with Crippen molar-refractivity contribution in [2.45, 2.75) is 18.9 Å². The Morgan fingerprint density at radius 3 is 2.58 bits per heavy atom. The van der Waals surface area contributed by atoms with Crippen LogP contribution in [0.15, 0.2) is 18.2 Å². The molecule has 2 heterocycles. The van der Waals surface area contributed by atoms with Gasteiger partial charge in [0.25, 0.3) is 0 Å². The van der Waals surface area contributed by atoms with E-state index in [1.54, 1.807) is 7.11 Å². The van der Waals surface area contributed by atoms with E-state index < -0.39 is 33.0 Å². The number of nitrogens with one attached hydrogen (secondary N) is 2. The van der Waals surface area contributed by atoms with E-state index in [1.807, 2.05) is 0 Å². The number of nitrogens with zero attached hydrogens (tertiary/aromatic N) is 2. The molecule has 1 aliphatic heterocycles. The maximum Gasteiger partial charge on any atom is 0.215 e. The summed E-state index contributed by atoms with van der Waals surface area (Å²) in [6.07, 6.45) is 1.09. The van der Waals surface area contributed by atoms with E-state index in [1.165, 1.54) is 10.4 Å². The minimum Gasteiger partial charge on any atom is -0.383 e. The minimum atomic E-state index is -3.37. The molecule has 0 radical (unpaired) electrons. The van der Waals surface area contributed by atoms with Gasteiger partial charge >= 0.3 is 0 Å². The Morgan fingerprint density at radius 2 is 1.94 bits per heavy atom. The number of hydrogen-bond acceptors (Lipinski definition) is 9. The van der Waals surface area contributed by atoms with E-state index in [0.717, 1.165) is 23.5 Å². The van der Waals surface area contributed by atoms with Crippen molar-refractivity contribution >= 4 is 38.1 Å². The maximum atomic E-state index is 14.0. The molecule has 2 aromatic rings. The predicted octanol–water partition coefficient (Wildman–Crippen LogP) is 1.68. The Bertz CT molecular complexity index is 1050. The van der Waals surface area contributed by atoms with Crippen LogP contribution in [-0.2, 0) is 14.8 Å². The van der Waals surface area contributed by atoms with E-state index in [2.05, 4.69) is 15.6 Å². The summed E-state index contributed by atoms with van der Waals surface area (Å²) >= 11 is 0.917. The van der Waals surface area contributed by atoms with Crippen molar-refractivity contribution in [1.82, 2.24) is 14.6 Å². The fourth-order valence-corrected chi connectivity index (χ4v) is 5.80. The first-order chi connectivity index (χ1) is 15.7. The highest BCUT2D eigenvalue weighted by molar-refractivity contribution is 7.89. The first-order valence-corrected chi connectivity index (χ1v) is 12.8. The SMILES string of the molecule is COCCNCCS(=O)(=O)N1CCC(Nc2nc(N)c(C(=O)c3c(F)cccc3F)s2)CC1. The number of rotatable bonds is 11. The molecule has 9 nitrogen and oxygen atoms in total. The zero-order valence-corrected chi connectivity index (χ0v) is 19.8. The van der Waals surface area contributed by atoms with Crippen LogP contribution in [0.1, 0.15) is 28.1 Å². The highest BCUT2D eigenvalue weighted by Gasteiger charge is 2.29. The third-order valence-electron chi connectivity index (χ3n) is 5.24. The lowest BCUT2D eigenvalue weighted by Crippen LogP contribution is -2.44. The monoisotopic (exact) mass is 503 g/mol. The van der Waals surface area contributed by atoms with Crippen LogP contribution in [0.5, 0.6) is 0 Å².